The first kappa shape index (κ1) is 52.3. The number of aliphatic hydroxyl groups excluding tert-OH is 2. The number of carbonyl (C=O) groups excluding carboxylic acids is 5. The number of nitrogens with zero attached hydrogens (tertiary/aromatic N) is 1. The highest BCUT2D eigenvalue weighted by Gasteiger charge is 2.53. The number of amides is 1. The highest BCUT2D eigenvalue weighted by Crippen LogP contribution is 2.37. The number of carbonyl (C=O) groups is 5. The number of methoxy groups -OCH3 is 2. The molecule has 0 radical (unpaired) electrons. The first-order valence-electron chi connectivity index (χ1n) is 23.4. The van der Waals surface area contributed by atoms with E-state index >= 15 is 0 Å². The molecule has 1 aliphatic carbocycles. The molecule has 0 aromatic heterocycles. The van der Waals surface area contributed by atoms with Gasteiger partial charge in [-0.05, 0) is 107 Å². The summed E-state index contributed by atoms with van der Waals surface area (Å²) < 4.78 is 23.8. The summed E-state index contributed by atoms with van der Waals surface area (Å²) in [6.07, 6.45) is 13.0. The fourth-order valence-electron chi connectivity index (χ4n) is 9.78. The average molecular weight is 884 g/mol. The number of piperidine rings is 1. The van der Waals surface area contributed by atoms with Crippen LogP contribution in [0.2, 0.25) is 0 Å². The Labute approximate surface area is 375 Å². The van der Waals surface area contributed by atoms with Crippen LogP contribution in [-0.2, 0) is 42.9 Å². The third-order valence-corrected chi connectivity index (χ3v) is 14.2. The lowest BCUT2D eigenvalue weighted by Crippen LogP contribution is -2.61. The summed E-state index contributed by atoms with van der Waals surface area (Å²) in [6, 6.07) is -1.12. The van der Waals surface area contributed by atoms with Crippen LogP contribution in [0.4, 0.5) is 0 Å². The summed E-state index contributed by atoms with van der Waals surface area (Å²) in [4.78, 5) is 71.1. The van der Waals surface area contributed by atoms with E-state index in [0.29, 0.717) is 63.4 Å². The van der Waals surface area contributed by atoms with Gasteiger partial charge in [0.25, 0.3) is 11.7 Å². The van der Waals surface area contributed by atoms with Gasteiger partial charge >= 0.3 is 5.97 Å². The normalized spacial score (nSPS) is 38.8. The first-order valence-corrected chi connectivity index (χ1v) is 23.4. The van der Waals surface area contributed by atoms with Crippen LogP contribution in [0.25, 0.3) is 0 Å². The number of hydrogen-bond acceptors (Lipinski definition) is 12. The quantitative estimate of drug-likeness (QED) is 0.154. The van der Waals surface area contributed by atoms with Gasteiger partial charge in [-0.3, -0.25) is 19.2 Å². The SMILES string of the molecule is COC1CC2CC[C@@H](C)C(O)(O2)C(=O)C(=O)N2CCCC[C@H]2C(=O)OC(C(C)CC2CCC(O)C(OC)C2)CC(=O)C(C)/C=C(\C)C(O)CC(=O)[C@H](C)CC(C)/C=C/C=CC=C1C. The van der Waals surface area contributed by atoms with Gasteiger partial charge < -0.3 is 39.2 Å². The van der Waals surface area contributed by atoms with E-state index < -0.39 is 71.8 Å². The van der Waals surface area contributed by atoms with Crippen molar-refractivity contribution in [3.8, 4) is 0 Å². The van der Waals surface area contributed by atoms with Gasteiger partial charge in [-0.2, -0.15) is 0 Å². The second-order valence-corrected chi connectivity index (χ2v) is 19.3. The van der Waals surface area contributed by atoms with Gasteiger partial charge in [0.1, 0.15) is 23.7 Å². The van der Waals surface area contributed by atoms with E-state index in [1.807, 2.05) is 58.1 Å². The lowest BCUT2D eigenvalue weighted by Gasteiger charge is -2.42. The van der Waals surface area contributed by atoms with Gasteiger partial charge in [0.2, 0.25) is 5.79 Å². The van der Waals surface area contributed by atoms with E-state index in [9.17, 15) is 39.3 Å². The number of aliphatic hydroxyl groups is 3. The standard InChI is InChI=1S/C50H77NO12/c1-30-15-11-10-12-16-31(2)44(60-8)27-38-20-18-36(7)50(59,63-38)47(56)48(57)51-22-14-13-17-39(51)49(58)62-45(35(6)25-37-19-21-40(52)46(26-37)61-9)29-43(55)34(5)24-33(4)42(54)28-41(53)32(3)23-30/h10-12,15-16,24,30,32,34-40,42,44-46,52,54,59H,13-14,17-23,25-29H2,1-9H3/b12-10?,15-11+,31-16?,33-24+/t30?,32-,34?,35?,36-,37?,38?,39+,40?,42?,44?,45?,46?,50?/m1/s1. The Morgan fingerprint density at radius 3 is 2.27 bits per heavy atom. The molecular formula is C50H77NO12. The molecule has 63 heavy (non-hydrogen) atoms. The summed E-state index contributed by atoms with van der Waals surface area (Å²) in [6.45, 7) is 12.9. The second kappa shape index (κ2) is 24.3. The largest absolute Gasteiger partial charge is 0.460 e. The van der Waals surface area contributed by atoms with Crippen molar-refractivity contribution in [3.63, 3.8) is 0 Å². The molecule has 0 aromatic rings. The minimum Gasteiger partial charge on any atom is -0.460 e. The van der Waals surface area contributed by atoms with E-state index in [4.69, 9.17) is 18.9 Å². The molecule has 3 heterocycles. The lowest BCUT2D eigenvalue weighted by atomic mass is 9.78. The number of allylic oxidation sites excluding steroid dienone is 6. The highest BCUT2D eigenvalue weighted by atomic mass is 16.6. The number of esters is 1. The minimum atomic E-state index is -2.42. The molecule has 11 unspecified atom stereocenters. The van der Waals surface area contributed by atoms with Crippen LogP contribution in [0.3, 0.4) is 0 Å². The monoisotopic (exact) mass is 884 g/mol. The average Bonchev–Trinajstić information content (AvgIpc) is 3.25. The first-order chi connectivity index (χ1) is 29.8. The van der Waals surface area contributed by atoms with Crippen molar-refractivity contribution < 1.29 is 58.2 Å². The zero-order chi connectivity index (χ0) is 46.6. The van der Waals surface area contributed by atoms with Gasteiger partial charge in [-0.25, -0.2) is 4.79 Å². The fraction of sp³-hybridized carbons (Fsp3) is 0.740. The maximum Gasteiger partial charge on any atom is 0.329 e. The molecule has 3 aliphatic heterocycles. The van der Waals surface area contributed by atoms with Crippen LogP contribution in [0.1, 0.15) is 132 Å². The molecule has 354 valence electrons. The summed E-state index contributed by atoms with van der Waals surface area (Å²) in [7, 11) is 3.15. The molecule has 13 heteroatoms. The number of Topliss-reactive ketones (excluding diaryl/α,β-unsaturated/α-hetero) is 3. The molecule has 3 N–H and O–H groups in total. The van der Waals surface area contributed by atoms with Crippen LogP contribution < -0.4 is 0 Å². The summed E-state index contributed by atoms with van der Waals surface area (Å²) in [5.41, 5.74) is 1.39. The minimum absolute atomic E-state index is 0.0725. The Balaban J connectivity index is 1.67. The number of fused-ring (bicyclic) bond motifs is 3. The van der Waals surface area contributed by atoms with Gasteiger partial charge in [0.05, 0.1) is 30.5 Å². The topological polar surface area (TPSA) is 186 Å². The molecule has 1 amide bonds. The Hall–Kier alpha value is -3.33. The number of rotatable bonds is 5. The van der Waals surface area contributed by atoms with Crippen molar-refractivity contribution in [1.82, 2.24) is 4.90 Å². The molecule has 2 saturated heterocycles. The van der Waals surface area contributed by atoms with E-state index in [-0.39, 0.29) is 67.1 Å². The molecule has 0 spiro atoms. The predicted octanol–water partition coefficient (Wildman–Crippen LogP) is 6.56. The molecule has 13 nitrogen and oxygen atoms in total. The number of cyclic esters (lactones) is 1. The summed E-state index contributed by atoms with van der Waals surface area (Å²) in [5.74, 6) is -7.36. The van der Waals surface area contributed by atoms with Crippen LogP contribution >= 0.6 is 0 Å². The van der Waals surface area contributed by atoms with Crippen molar-refractivity contribution in [2.75, 3.05) is 20.8 Å². The van der Waals surface area contributed by atoms with Crippen LogP contribution in [0, 0.1) is 35.5 Å². The molecule has 4 aliphatic rings. The zero-order valence-corrected chi connectivity index (χ0v) is 39.3. The highest BCUT2D eigenvalue weighted by molar-refractivity contribution is 6.39. The van der Waals surface area contributed by atoms with Crippen molar-refractivity contribution >= 4 is 29.2 Å². The predicted molar refractivity (Wildman–Crippen MR) is 239 cm³/mol. The molecular weight excluding hydrogens is 807 g/mol. The lowest BCUT2D eigenvalue weighted by molar-refractivity contribution is -0.265. The number of ketones is 3. The molecule has 2 bridgehead atoms. The Morgan fingerprint density at radius 2 is 1.57 bits per heavy atom. The van der Waals surface area contributed by atoms with Crippen molar-refractivity contribution in [1.29, 1.82) is 0 Å². The molecule has 1 saturated carbocycles. The van der Waals surface area contributed by atoms with Gasteiger partial charge in [0, 0.05) is 57.8 Å². The van der Waals surface area contributed by atoms with Crippen molar-refractivity contribution in [2.24, 2.45) is 35.5 Å². The Bertz CT molecular complexity index is 1700. The van der Waals surface area contributed by atoms with E-state index in [0.717, 1.165) is 12.0 Å². The molecule has 0 aromatic carbocycles. The van der Waals surface area contributed by atoms with Gasteiger partial charge in [-0.1, -0.05) is 71.1 Å². The van der Waals surface area contributed by atoms with Crippen molar-refractivity contribution in [2.45, 2.75) is 180 Å². The van der Waals surface area contributed by atoms with Crippen molar-refractivity contribution in [3.05, 3.63) is 47.6 Å². The summed E-state index contributed by atoms with van der Waals surface area (Å²) in [5, 5.41) is 33.5. The maximum atomic E-state index is 14.3. The van der Waals surface area contributed by atoms with E-state index in [1.54, 1.807) is 41.1 Å². The Kier molecular flexibility index (Phi) is 20.1. The summed E-state index contributed by atoms with van der Waals surface area (Å²) >= 11 is 0. The number of ether oxygens (including phenoxy) is 4. The third-order valence-electron chi connectivity index (χ3n) is 14.2. The van der Waals surface area contributed by atoms with Gasteiger partial charge in [-0.15, -0.1) is 0 Å². The van der Waals surface area contributed by atoms with E-state index in [1.165, 1.54) is 4.90 Å². The van der Waals surface area contributed by atoms with E-state index in [2.05, 4.69) is 0 Å². The fourth-order valence-corrected chi connectivity index (χ4v) is 9.78. The number of hydrogen-bond donors (Lipinski definition) is 3. The third kappa shape index (κ3) is 14.3. The van der Waals surface area contributed by atoms with Gasteiger partial charge in [0.15, 0.2) is 0 Å². The second-order valence-electron chi connectivity index (χ2n) is 19.3. The Morgan fingerprint density at radius 1 is 0.841 bits per heavy atom. The van der Waals surface area contributed by atoms with Crippen LogP contribution in [0.5, 0.6) is 0 Å². The molecule has 4 rings (SSSR count). The molecule has 3 fully saturated rings. The zero-order valence-electron chi connectivity index (χ0n) is 39.3. The van der Waals surface area contributed by atoms with Crippen LogP contribution in [-0.4, -0.2) is 119 Å². The molecule has 14 atom stereocenters. The maximum absolute atomic E-state index is 14.3. The van der Waals surface area contributed by atoms with Crippen LogP contribution in [0.15, 0.2) is 47.6 Å². The smallest absolute Gasteiger partial charge is 0.329 e.